The third-order valence-electron chi connectivity index (χ3n) is 5.03. The van der Waals surface area contributed by atoms with Crippen LogP contribution in [-0.4, -0.2) is 38.2 Å². The molecule has 124 valence electrons. The van der Waals surface area contributed by atoms with E-state index in [9.17, 15) is 5.11 Å². The van der Waals surface area contributed by atoms with Gasteiger partial charge in [-0.15, -0.1) is 0 Å². The summed E-state index contributed by atoms with van der Waals surface area (Å²) in [6.07, 6.45) is 3.44. The van der Waals surface area contributed by atoms with E-state index in [0.29, 0.717) is 6.54 Å². The Balaban J connectivity index is 1.40. The van der Waals surface area contributed by atoms with Gasteiger partial charge in [-0.2, -0.15) is 0 Å². The fourth-order valence-electron chi connectivity index (χ4n) is 3.58. The van der Waals surface area contributed by atoms with Crippen LogP contribution in [0.5, 0.6) is 0 Å². The number of para-hydroxylation sites is 2. The highest BCUT2D eigenvalue weighted by Gasteiger charge is 2.32. The Morgan fingerprint density at radius 2 is 1.67 bits per heavy atom. The van der Waals surface area contributed by atoms with Crippen molar-refractivity contribution in [2.45, 2.75) is 31.5 Å². The molecule has 0 bridgehead atoms. The summed E-state index contributed by atoms with van der Waals surface area (Å²) < 4.78 is 2.09. The van der Waals surface area contributed by atoms with Crippen LogP contribution >= 0.6 is 0 Å². The average molecular weight is 321 g/mol. The molecule has 1 aliphatic heterocycles. The molecule has 1 fully saturated rings. The van der Waals surface area contributed by atoms with E-state index in [1.807, 2.05) is 30.6 Å². The fourth-order valence-corrected chi connectivity index (χ4v) is 3.58. The number of nitrogens with zero attached hydrogens (tertiary/aromatic N) is 3. The molecule has 1 aliphatic rings. The van der Waals surface area contributed by atoms with Gasteiger partial charge < -0.3 is 9.67 Å². The zero-order valence-corrected chi connectivity index (χ0v) is 13.8. The van der Waals surface area contributed by atoms with Crippen LogP contribution in [0.25, 0.3) is 11.0 Å². The van der Waals surface area contributed by atoms with Crippen LogP contribution in [-0.2, 0) is 13.1 Å². The number of likely N-dealkylation sites (tertiary alicyclic amines) is 1. The molecule has 3 aromatic rings. The van der Waals surface area contributed by atoms with E-state index in [-0.39, 0.29) is 0 Å². The van der Waals surface area contributed by atoms with Gasteiger partial charge in [-0.25, -0.2) is 4.98 Å². The number of hydrogen-bond donors (Lipinski definition) is 1. The van der Waals surface area contributed by atoms with Crippen molar-refractivity contribution in [2.24, 2.45) is 0 Å². The van der Waals surface area contributed by atoms with Gasteiger partial charge in [0.2, 0.25) is 0 Å². The lowest BCUT2D eigenvalue weighted by atomic mass is 9.91. The SMILES string of the molecule is OC1(Cn2cnc3ccccc32)CCN(Cc2ccccc2)CC1. The maximum Gasteiger partial charge on any atom is 0.0959 e. The highest BCUT2D eigenvalue weighted by molar-refractivity contribution is 5.74. The first-order valence-electron chi connectivity index (χ1n) is 8.60. The summed E-state index contributed by atoms with van der Waals surface area (Å²) >= 11 is 0. The van der Waals surface area contributed by atoms with Crippen molar-refractivity contribution >= 4 is 11.0 Å². The Hall–Kier alpha value is -2.17. The molecule has 0 amide bonds. The Morgan fingerprint density at radius 3 is 2.46 bits per heavy atom. The predicted octanol–water partition coefficient (Wildman–Crippen LogP) is 3.06. The van der Waals surface area contributed by atoms with E-state index in [2.05, 4.69) is 44.8 Å². The molecule has 24 heavy (non-hydrogen) atoms. The third kappa shape index (κ3) is 3.21. The van der Waals surface area contributed by atoms with Crippen molar-refractivity contribution in [2.75, 3.05) is 13.1 Å². The summed E-state index contributed by atoms with van der Waals surface area (Å²) in [5.74, 6) is 0. The monoisotopic (exact) mass is 321 g/mol. The Kier molecular flexibility index (Phi) is 4.08. The zero-order chi connectivity index (χ0) is 16.4. The number of aliphatic hydroxyl groups is 1. The van der Waals surface area contributed by atoms with Crippen molar-refractivity contribution < 1.29 is 5.11 Å². The quantitative estimate of drug-likeness (QED) is 0.803. The second kappa shape index (κ2) is 6.38. The summed E-state index contributed by atoms with van der Waals surface area (Å²) in [6, 6.07) is 18.6. The molecule has 0 saturated carbocycles. The van der Waals surface area contributed by atoms with Gasteiger partial charge in [-0.05, 0) is 30.5 Å². The van der Waals surface area contributed by atoms with E-state index in [1.165, 1.54) is 5.56 Å². The van der Waals surface area contributed by atoms with Crippen molar-refractivity contribution in [3.63, 3.8) is 0 Å². The number of benzene rings is 2. The molecule has 0 aliphatic carbocycles. The van der Waals surface area contributed by atoms with Crippen LogP contribution in [0.2, 0.25) is 0 Å². The predicted molar refractivity (Wildman–Crippen MR) is 95.6 cm³/mol. The molecule has 0 atom stereocenters. The van der Waals surface area contributed by atoms with Gasteiger partial charge in [0, 0.05) is 19.6 Å². The second-order valence-corrected chi connectivity index (χ2v) is 6.85. The van der Waals surface area contributed by atoms with Gasteiger partial charge in [0.25, 0.3) is 0 Å². The van der Waals surface area contributed by atoms with Gasteiger partial charge in [0.05, 0.1) is 29.5 Å². The number of aromatic nitrogens is 2. The van der Waals surface area contributed by atoms with Gasteiger partial charge >= 0.3 is 0 Å². The van der Waals surface area contributed by atoms with Crippen LogP contribution in [0.4, 0.5) is 0 Å². The number of hydrogen-bond acceptors (Lipinski definition) is 3. The van der Waals surface area contributed by atoms with Gasteiger partial charge in [0.15, 0.2) is 0 Å². The molecule has 1 saturated heterocycles. The van der Waals surface area contributed by atoms with E-state index in [1.54, 1.807) is 0 Å². The summed E-state index contributed by atoms with van der Waals surface area (Å²) in [6.45, 7) is 3.44. The Morgan fingerprint density at radius 1 is 0.958 bits per heavy atom. The van der Waals surface area contributed by atoms with E-state index in [0.717, 1.165) is 43.5 Å². The molecule has 1 aromatic heterocycles. The Bertz CT molecular complexity index is 804. The van der Waals surface area contributed by atoms with Gasteiger partial charge in [-0.3, -0.25) is 4.90 Å². The molecule has 2 aromatic carbocycles. The van der Waals surface area contributed by atoms with Gasteiger partial charge in [0.1, 0.15) is 0 Å². The third-order valence-corrected chi connectivity index (χ3v) is 5.03. The smallest absolute Gasteiger partial charge is 0.0959 e. The lowest BCUT2D eigenvalue weighted by Gasteiger charge is -2.38. The largest absolute Gasteiger partial charge is 0.388 e. The zero-order valence-electron chi connectivity index (χ0n) is 13.8. The molecule has 4 rings (SSSR count). The first-order chi connectivity index (χ1) is 11.7. The molecule has 0 spiro atoms. The summed E-state index contributed by atoms with van der Waals surface area (Å²) in [5.41, 5.74) is 2.78. The first kappa shape index (κ1) is 15.4. The molecular formula is C20H23N3O. The highest BCUT2D eigenvalue weighted by atomic mass is 16.3. The van der Waals surface area contributed by atoms with E-state index >= 15 is 0 Å². The van der Waals surface area contributed by atoms with E-state index < -0.39 is 5.60 Å². The lowest BCUT2D eigenvalue weighted by Crippen LogP contribution is -2.46. The minimum absolute atomic E-state index is 0.618. The number of piperidine rings is 1. The molecule has 4 nitrogen and oxygen atoms in total. The minimum Gasteiger partial charge on any atom is -0.388 e. The molecular weight excluding hydrogens is 298 g/mol. The number of fused-ring (bicyclic) bond motifs is 1. The average Bonchev–Trinajstić information content (AvgIpc) is 3.01. The number of imidazole rings is 1. The highest BCUT2D eigenvalue weighted by Crippen LogP contribution is 2.26. The molecule has 2 heterocycles. The summed E-state index contributed by atoms with van der Waals surface area (Å²) in [7, 11) is 0. The minimum atomic E-state index is -0.642. The van der Waals surface area contributed by atoms with Crippen molar-refractivity contribution in [1.29, 1.82) is 0 Å². The Labute approximate surface area is 142 Å². The fraction of sp³-hybridized carbons (Fsp3) is 0.350. The van der Waals surface area contributed by atoms with Crippen LogP contribution in [0.1, 0.15) is 18.4 Å². The second-order valence-electron chi connectivity index (χ2n) is 6.85. The number of rotatable bonds is 4. The van der Waals surface area contributed by atoms with E-state index in [4.69, 9.17) is 0 Å². The normalized spacial score (nSPS) is 18.0. The van der Waals surface area contributed by atoms with Crippen LogP contribution in [0.15, 0.2) is 60.9 Å². The lowest BCUT2D eigenvalue weighted by molar-refractivity contribution is -0.0350. The van der Waals surface area contributed by atoms with Crippen molar-refractivity contribution in [1.82, 2.24) is 14.5 Å². The van der Waals surface area contributed by atoms with Crippen molar-refractivity contribution in [3.05, 3.63) is 66.5 Å². The summed E-state index contributed by atoms with van der Waals surface area (Å²) in [4.78, 5) is 6.85. The standard InChI is InChI=1S/C20H23N3O/c24-20(15-23-16-21-18-8-4-5-9-19(18)23)10-12-22(13-11-20)14-17-6-2-1-3-7-17/h1-9,16,24H,10-15H2. The molecule has 0 radical (unpaired) electrons. The molecule has 4 heteroatoms. The summed E-state index contributed by atoms with van der Waals surface area (Å²) in [5, 5.41) is 11.0. The van der Waals surface area contributed by atoms with Crippen LogP contribution < -0.4 is 0 Å². The molecule has 1 N–H and O–H groups in total. The van der Waals surface area contributed by atoms with Crippen molar-refractivity contribution in [3.8, 4) is 0 Å². The first-order valence-corrected chi connectivity index (χ1v) is 8.60. The van der Waals surface area contributed by atoms with Crippen LogP contribution in [0.3, 0.4) is 0 Å². The van der Waals surface area contributed by atoms with Crippen LogP contribution in [0, 0.1) is 0 Å². The maximum absolute atomic E-state index is 11.0. The molecule has 0 unspecified atom stereocenters. The maximum atomic E-state index is 11.0. The van der Waals surface area contributed by atoms with Gasteiger partial charge in [-0.1, -0.05) is 42.5 Å². The topological polar surface area (TPSA) is 41.3 Å².